The minimum atomic E-state index is -3.99. The van der Waals surface area contributed by atoms with Crippen molar-refractivity contribution in [1.29, 1.82) is 0 Å². The number of hydrogen-bond acceptors (Lipinski definition) is 4. The van der Waals surface area contributed by atoms with Crippen LogP contribution in [0.5, 0.6) is 0 Å². The molecule has 150 valence electrons. The van der Waals surface area contributed by atoms with Gasteiger partial charge in [-0.15, -0.1) is 0 Å². The number of amides is 1. The number of aliphatic carboxylic acids is 1. The minimum absolute atomic E-state index is 0.0526. The Morgan fingerprint density at radius 2 is 1.89 bits per heavy atom. The number of nitrogens with one attached hydrogen (secondary N) is 1. The van der Waals surface area contributed by atoms with Gasteiger partial charge in [0, 0.05) is 6.54 Å². The van der Waals surface area contributed by atoms with E-state index in [-0.39, 0.29) is 23.8 Å². The van der Waals surface area contributed by atoms with Crippen molar-refractivity contribution in [1.82, 2.24) is 9.62 Å². The van der Waals surface area contributed by atoms with Crippen molar-refractivity contribution in [3.8, 4) is 0 Å². The van der Waals surface area contributed by atoms with Crippen LogP contribution in [0.4, 0.5) is 4.39 Å². The van der Waals surface area contributed by atoms with Crippen LogP contribution in [-0.2, 0) is 19.6 Å². The van der Waals surface area contributed by atoms with Crippen molar-refractivity contribution in [2.45, 2.75) is 56.5 Å². The van der Waals surface area contributed by atoms with Gasteiger partial charge in [0.05, 0.1) is 4.90 Å². The molecule has 2 atom stereocenters. The highest BCUT2D eigenvalue weighted by Crippen LogP contribution is 2.26. The molecule has 0 unspecified atom stereocenters. The van der Waals surface area contributed by atoms with Crippen LogP contribution in [0.1, 0.15) is 39.5 Å². The first-order valence-electron chi connectivity index (χ1n) is 8.93. The Balaban J connectivity index is 2.24. The molecule has 7 nitrogen and oxygen atoms in total. The molecule has 1 fully saturated rings. The Labute approximate surface area is 158 Å². The van der Waals surface area contributed by atoms with Crippen LogP contribution in [-0.4, -0.2) is 48.3 Å². The highest BCUT2D eigenvalue weighted by atomic mass is 32.2. The van der Waals surface area contributed by atoms with Gasteiger partial charge < -0.3 is 10.4 Å². The molecule has 1 aliphatic rings. The van der Waals surface area contributed by atoms with E-state index in [1.54, 1.807) is 0 Å². The van der Waals surface area contributed by atoms with Crippen LogP contribution in [0.25, 0.3) is 0 Å². The van der Waals surface area contributed by atoms with E-state index in [1.165, 1.54) is 0 Å². The highest BCUT2D eigenvalue weighted by Gasteiger charge is 2.38. The van der Waals surface area contributed by atoms with Crippen LogP contribution in [0.15, 0.2) is 29.2 Å². The molecule has 1 aromatic rings. The summed E-state index contributed by atoms with van der Waals surface area (Å²) < 4.78 is 40.0. The van der Waals surface area contributed by atoms with E-state index in [0.29, 0.717) is 19.3 Å². The maximum atomic E-state index is 13.1. The fourth-order valence-electron chi connectivity index (χ4n) is 3.16. The second kappa shape index (κ2) is 8.79. The molecule has 2 N–H and O–H groups in total. The van der Waals surface area contributed by atoms with Crippen molar-refractivity contribution in [3.63, 3.8) is 0 Å². The number of nitrogens with zero attached hydrogens (tertiary/aromatic N) is 1. The summed E-state index contributed by atoms with van der Waals surface area (Å²) in [6.07, 6.45) is 1.81. The maximum Gasteiger partial charge on any atom is 0.326 e. The molecule has 1 heterocycles. The molecular formula is C18H25FN2O5S. The lowest BCUT2D eigenvalue weighted by Gasteiger charge is -2.34. The zero-order chi connectivity index (χ0) is 20.2. The fraction of sp³-hybridized carbons (Fsp3) is 0.556. The van der Waals surface area contributed by atoms with E-state index < -0.39 is 39.8 Å². The summed E-state index contributed by atoms with van der Waals surface area (Å²) in [6, 6.07) is 2.36. The summed E-state index contributed by atoms with van der Waals surface area (Å²) in [5.74, 6) is -2.27. The molecule has 0 bridgehead atoms. The molecular weight excluding hydrogens is 375 g/mol. The lowest BCUT2D eigenvalue weighted by molar-refractivity contribution is -0.143. The first-order chi connectivity index (χ1) is 12.6. The van der Waals surface area contributed by atoms with Crippen LogP contribution in [0.3, 0.4) is 0 Å². The summed E-state index contributed by atoms with van der Waals surface area (Å²) in [4.78, 5) is 24.0. The van der Waals surface area contributed by atoms with E-state index in [4.69, 9.17) is 0 Å². The van der Waals surface area contributed by atoms with Crippen molar-refractivity contribution in [2.75, 3.05) is 6.54 Å². The normalized spacial score (nSPS) is 19.6. The number of carboxylic acids is 1. The molecule has 2 rings (SSSR count). The van der Waals surface area contributed by atoms with Crippen LogP contribution < -0.4 is 5.32 Å². The monoisotopic (exact) mass is 400 g/mol. The molecule has 9 heteroatoms. The number of carbonyl (C=O) groups excluding carboxylic acids is 1. The predicted molar refractivity (Wildman–Crippen MR) is 97.0 cm³/mol. The second-order valence-electron chi connectivity index (χ2n) is 7.11. The third-order valence-corrected chi connectivity index (χ3v) is 6.42. The van der Waals surface area contributed by atoms with E-state index >= 15 is 0 Å². The summed E-state index contributed by atoms with van der Waals surface area (Å²) in [5, 5.41) is 11.8. The zero-order valence-electron chi connectivity index (χ0n) is 15.4. The molecule has 1 aliphatic heterocycles. The van der Waals surface area contributed by atoms with Gasteiger partial charge in [-0.2, -0.15) is 4.31 Å². The summed E-state index contributed by atoms with van der Waals surface area (Å²) in [7, 11) is -3.99. The van der Waals surface area contributed by atoms with E-state index in [1.807, 2.05) is 13.8 Å². The topological polar surface area (TPSA) is 104 Å². The Morgan fingerprint density at radius 1 is 1.26 bits per heavy atom. The van der Waals surface area contributed by atoms with Crippen molar-refractivity contribution < 1.29 is 27.5 Å². The molecule has 0 spiro atoms. The Kier molecular flexibility index (Phi) is 6.94. The first-order valence-corrected chi connectivity index (χ1v) is 10.4. The number of rotatable bonds is 7. The number of benzene rings is 1. The minimum Gasteiger partial charge on any atom is -0.480 e. The summed E-state index contributed by atoms with van der Waals surface area (Å²) >= 11 is 0. The number of piperidine rings is 1. The fourth-order valence-corrected chi connectivity index (χ4v) is 4.81. The number of carboxylic acid groups (broad SMARTS) is 1. The smallest absolute Gasteiger partial charge is 0.326 e. The van der Waals surface area contributed by atoms with E-state index in [0.717, 1.165) is 28.6 Å². The number of sulfonamides is 1. The number of hydrogen-bond donors (Lipinski definition) is 2. The summed E-state index contributed by atoms with van der Waals surface area (Å²) in [6.45, 7) is 3.84. The molecule has 1 amide bonds. The lowest BCUT2D eigenvalue weighted by Crippen LogP contribution is -2.55. The number of halogens is 1. The first kappa shape index (κ1) is 21.3. The maximum absolute atomic E-state index is 13.1. The van der Waals surface area contributed by atoms with Gasteiger partial charge in [0.2, 0.25) is 15.9 Å². The van der Waals surface area contributed by atoms with Gasteiger partial charge >= 0.3 is 5.97 Å². The van der Waals surface area contributed by atoms with Crippen molar-refractivity contribution >= 4 is 21.9 Å². The van der Waals surface area contributed by atoms with Gasteiger partial charge in [0.15, 0.2) is 0 Å². The SMILES string of the molecule is CC(C)C[C@@H](NC(=O)[C@H]1CCCCN1S(=O)(=O)c1ccc(F)cc1)C(=O)O. The Morgan fingerprint density at radius 3 is 2.44 bits per heavy atom. The molecule has 0 saturated carbocycles. The quantitative estimate of drug-likeness (QED) is 0.728. The summed E-state index contributed by atoms with van der Waals surface area (Å²) in [5.41, 5.74) is 0. The third-order valence-electron chi connectivity index (χ3n) is 4.50. The molecule has 0 aromatic heterocycles. The average Bonchev–Trinajstić information content (AvgIpc) is 2.61. The molecule has 0 aliphatic carbocycles. The van der Waals surface area contributed by atoms with Gasteiger partial charge in [-0.05, 0) is 49.4 Å². The van der Waals surface area contributed by atoms with Crippen LogP contribution in [0.2, 0.25) is 0 Å². The van der Waals surface area contributed by atoms with E-state index in [2.05, 4.69) is 5.32 Å². The van der Waals surface area contributed by atoms with Gasteiger partial charge in [-0.1, -0.05) is 20.3 Å². The average molecular weight is 400 g/mol. The van der Waals surface area contributed by atoms with Gasteiger partial charge in [0.1, 0.15) is 17.9 Å². The largest absolute Gasteiger partial charge is 0.480 e. The van der Waals surface area contributed by atoms with Crippen LogP contribution >= 0.6 is 0 Å². The van der Waals surface area contributed by atoms with E-state index in [9.17, 15) is 27.5 Å². The highest BCUT2D eigenvalue weighted by molar-refractivity contribution is 7.89. The van der Waals surface area contributed by atoms with Gasteiger partial charge in [0.25, 0.3) is 0 Å². The third kappa shape index (κ3) is 5.26. The molecule has 27 heavy (non-hydrogen) atoms. The predicted octanol–water partition coefficient (Wildman–Crippen LogP) is 1.98. The van der Waals surface area contributed by atoms with Crippen LogP contribution in [0, 0.1) is 11.7 Å². The number of carbonyl (C=O) groups is 2. The zero-order valence-corrected chi connectivity index (χ0v) is 16.2. The van der Waals surface area contributed by atoms with Gasteiger partial charge in [-0.3, -0.25) is 4.79 Å². The molecule has 1 aromatic carbocycles. The van der Waals surface area contributed by atoms with Crippen molar-refractivity contribution in [2.24, 2.45) is 5.92 Å². The molecule has 1 saturated heterocycles. The Bertz CT molecular complexity index is 779. The molecule has 0 radical (unpaired) electrons. The Hall–Kier alpha value is -2.00. The van der Waals surface area contributed by atoms with Gasteiger partial charge in [-0.25, -0.2) is 17.6 Å². The lowest BCUT2D eigenvalue weighted by atomic mass is 10.0. The standard InChI is InChI=1S/C18H25FN2O5S/c1-12(2)11-15(18(23)24)20-17(22)16-5-3-4-10-21(16)27(25,26)14-8-6-13(19)7-9-14/h6-9,12,15-16H,3-5,10-11H2,1-2H3,(H,20,22)(H,23,24)/t15-,16-/m1/s1. The second-order valence-corrected chi connectivity index (χ2v) is 9.00. The van der Waals surface area contributed by atoms with Crippen molar-refractivity contribution in [3.05, 3.63) is 30.1 Å².